The topological polar surface area (TPSA) is 98.2 Å². The number of benzene rings is 3. The molecule has 1 atom stereocenters. The number of hydrogen-bond donors (Lipinski definition) is 2. The largest absolute Gasteiger partial charge is 0.481 e. The van der Waals surface area contributed by atoms with Gasteiger partial charge in [-0.2, -0.15) is 4.31 Å². The number of aryl methyl sites for hydroxylation is 1. The first-order chi connectivity index (χ1) is 18.8. The first kappa shape index (κ1) is 29.9. The monoisotopic (exact) mass is 564 g/mol. The Bertz CT molecular complexity index is 1410. The smallest absolute Gasteiger partial charge is 0.303 e. The average Bonchev–Trinajstić information content (AvgIpc) is 3.34. The maximum Gasteiger partial charge on any atom is 0.303 e. The summed E-state index contributed by atoms with van der Waals surface area (Å²) in [5.41, 5.74) is 4.99. The van der Waals surface area contributed by atoms with Gasteiger partial charge in [-0.05, 0) is 80.0 Å². The van der Waals surface area contributed by atoms with Crippen molar-refractivity contribution in [2.45, 2.75) is 69.0 Å². The lowest BCUT2D eigenvalue weighted by atomic mass is 10.00. The number of likely N-dealkylation sites (N-methyl/N-ethyl adjacent to an activating group) is 1. The molecule has 0 heterocycles. The van der Waals surface area contributed by atoms with E-state index in [-0.39, 0.29) is 29.4 Å². The molecule has 8 heteroatoms. The van der Waals surface area contributed by atoms with Crippen LogP contribution in [-0.4, -0.2) is 71.6 Å². The van der Waals surface area contributed by atoms with Gasteiger partial charge in [0.05, 0.1) is 11.0 Å². The number of sulfonamides is 1. The molecule has 40 heavy (non-hydrogen) atoms. The predicted molar refractivity (Wildman–Crippen MR) is 158 cm³/mol. The van der Waals surface area contributed by atoms with Crippen molar-refractivity contribution in [2.24, 2.45) is 0 Å². The maximum atomic E-state index is 13.5. The molecule has 1 aliphatic carbocycles. The van der Waals surface area contributed by atoms with Crippen LogP contribution in [0, 0.1) is 0 Å². The van der Waals surface area contributed by atoms with Gasteiger partial charge in [-0.25, -0.2) is 8.42 Å². The number of carboxylic acids is 1. The number of aliphatic hydroxyl groups excluding tert-OH is 1. The molecule has 4 rings (SSSR count). The second kappa shape index (κ2) is 12.2. The summed E-state index contributed by atoms with van der Waals surface area (Å²) in [6, 6.07) is 22.9. The number of β-amino-alcohol motifs (C(OH)–C–C–N with tert-alkyl or cyclic N) is 1. The summed E-state index contributed by atoms with van der Waals surface area (Å²) in [6.07, 6.45) is 1.48. The van der Waals surface area contributed by atoms with Gasteiger partial charge in [0.2, 0.25) is 10.0 Å². The third-order valence-electron chi connectivity index (χ3n) is 7.66. The van der Waals surface area contributed by atoms with E-state index in [1.54, 1.807) is 18.2 Å². The molecule has 2 N–H and O–H groups in total. The third-order valence-corrected chi connectivity index (χ3v) is 9.48. The van der Waals surface area contributed by atoms with Crippen LogP contribution < -0.4 is 0 Å². The van der Waals surface area contributed by atoms with Crippen LogP contribution in [0.4, 0.5) is 0 Å². The van der Waals surface area contributed by atoms with E-state index in [9.17, 15) is 18.3 Å². The van der Waals surface area contributed by atoms with E-state index in [0.717, 1.165) is 29.5 Å². The van der Waals surface area contributed by atoms with Gasteiger partial charge in [-0.1, -0.05) is 60.7 Å². The molecule has 0 spiro atoms. The van der Waals surface area contributed by atoms with Crippen LogP contribution in [0.25, 0.3) is 11.1 Å². The number of hydrogen-bond acceptors (Lipinski definition) is 5. The highest BCUT2D eigenvalue weighted by atomic mass is 32.2. The zero-order valence-electron chi connectivity index (χ0n) is 23.7. The van der Waals surface area contributed by atoms with E-state index in [1.807, 2.05) is 30.3 Å². The van der Waals surface area contributed by atoms with Crippen LogP contribution in [0.2, 0.25) is 0 Å². The first-order valence-electron chi connectivity index (χ1n) is 13.7. The Morgan fingerprint density at radius 1 is 0.925 bits per heavy atom. The minimum Gasteiger partial charge on any atom is -0.481 e. The molecule has 0 aliphatic heterocycles. The summed E-state index contributed by atoms with van der Waals surface area (Å²) >= 11 is 0. The van der Waals surface area contributed by atoms with Gasteiger partial charge < -0.3 is 10.2 Å². The van der Waals surface area contributed by atoms with Crippen LogP contribution >= 0.6 is 0 Å². The van der Waals surface area contributed by atoms with Gasteiger partial charge in [-0.15, -0.1) is 0 Å². The Labute approximate surface area is 238 Å². The number of aliphatic carboxylic acids is 1. The molecule has 0 fully saturated rings. The summed E-state index contributed by atoms with van der Waals surface area (Å²) in [5, 5.41) is 20.0. The maximum absolute atomic E-state index is 13.5. The highest BCUT2D eigenvalue weighted by Crippen LogP contribution is 2.30. The summed E-state index contributed by atoms with van der Waals surface area (Å²) in [4.78, 5) is 13.3. The minimum absolute atomic E-state index is 0.0168. The molecule has 0 saturated heterocycles. The highest BCUT2D eigenvalue weighted by molar-refractivity contribution is 7.89. The lowest BCUT2D eigenvalue weighted by Crippen LogP contribution is -2.53. The Morgan fingerprint density at radius 3 is 2.12 bits per heavy atom. The Balaban J connectivity index is 1.44. The molecular formula is C32H40N2O5S. The van der Waals surface area contributed by atoms with Crippen molar-refractivity contribution in [2.75, 3.05) is 20.1 Å². The van der Waals surface area contributed by atoms with Crippen molar-refractivity contribution < 1.29 is 23.4 Å². The lowest BCUT2D eigenvalue weighted by Gasteiger charge is -2.42. The summed E-state index contributed by atoms with van der Waals surface area (Å²) in [5.74, 6) is -0.841. The normalized spacial score (nSPS) is 15.0. The number of aliphatic hydroxyl groups is 1. The Kier molecular flexibility index (Phi) is 9.15. The molecule has 0 amide bonds. The van der Waals surface area contributed by atoms with Crippen LogP contribution in [0.1, 0.15) is 43.9 Å². The number of carboxylic acid groups (broad SMARTS) is 1. The summed E-state index contributed by atoms with van der Waals surface area (Å²) in [6.45, 7) is 6.75. The van der Waals surface area contributed by atoms with Crippen LogP contribution in [0.15, 0.2) is 77.7 Å². The van der Waals surface area contributed by atoms with Crippen molar-refractivity contribution in [3.8, 4) is 11.1 Å². The molecule has 214 valence electrons. The second-order valence-electron chi connectivity index (χ2n) is 11.7. The van der Waals surface area contributed by atoms with Crippen molar-refractivity contribution in [1.29, 1.82) is 0 Å². The van der Waals surface area contributed by atoms with Crippen LogP contribution in [0.3, 0.4) is 0 Å². The number of rotatable bonds is 11. The van der Waals surface area contributed by atoms with E-state index in [2.05, 4.69) is 49.9 Å². The fourth-order valence-electron chi connectivity index (χ4n) is 5.54. The molecule has 0 radical (unpaired) electrons. The van der Waals surface area contributed by atoms with Crippen molar-refractivity contribution >= 4 is 16.0 Å². The molecule has 0 bridgehead atoms. The molecule has 3 aromatic rings. The number of nitrogens with zero attached hydrogens (tertiary/aromatic N) is 2. The molecule has 0 unspecified atom stereocenters. The van der Waals surface area contributed by atoms with Crippen LogP contribution in [-0.2, 0) is 34.1 Å². The van der Waals surface area contributed by atoms with Crippen molar-refractivity contribution in [3.63, 3.8) is 0 Å². The molecular weight excluding hydrogens is 524 g/mol. The quantitative estimate of drug-likeness (QED) is 0.353. The van der Waals surface area contributed by atoms with Gasteiger partial charge in [0.25, 0.3) is 0 Å². The van der Waals surface area contributed by atoms with Gasteiger partial charge in [0.15, 0.2) is 0 Å². The average molecular weight is 565 g/mol. The zero-order valence-corrected chi connectivity index (χ0v) is 24.6. The van der Waals surface area contributed by atoms with Gasteiger partial charge in [0.1, 0.15) is 0 Å². The summed E-state index contributed by atoms with van der Waals surface area (Å²) in [7, 11) is -2.33. The van der Waals surface area contributed by atoms with E-state index in [4.69, 9.17) is 5.11 Å². The third kappa shape index (κ3) is 7.18. The zero-order chi connectivity index (χ0) is 29.1. The molecule has 0 saturated carbocycles. The molecule has 1 aliphatic rings. The molecule has 3 aromatic carbocycles. The van der Waals surface area contributed by atoms with E-state index >= 15 is 0 Å². The Morgan fingerprint density at radius 2 is 1.55 bits per heavy atom. The van der Waals surface area contributed by atoms with Crippen molar-refractivity contribution in [3.05, 3.63) is 89.5 Å². The van der Waals surface area contributed by atoms with E-state index < -0.39 is 22.1 Å². The Hall–Kier alpha value is -3.04. The molecule has 7 nitrogen and oxygen atoms in total. The highest BCUT2D eigenvalue weighted by Gasteiger charge is 2.35. The van der Waals surface area contributed by atoms with E-state index in [1.165, 1.54) is 22.5 Å². The number of carbonyl (C=O) groups is 1. The summed E-state index contributed by atoms with van der Waals surface area (Å²) < 4.78 is 28.2. The standard InChI is InChI=1S/C32H40N2O5S/c1-32(2,3)34(28-18-25-8-5-6-9-26(25)19-28)22-29(35)21-33(4)40(38,39)30-11-7-10-27(20-30)24-15-12-23(13-16-24)14-17-31(36)37/h5-13,15-16,20,28-29,35H,14,17-19,21-22H2,1-4H3,(H,36,37)/t29-/m0/s1. The minimum atomic E-state index is -3.84. The van der Waals surface area contributed by atoms with Crippen molar-refractivity contribution in [1.82, 2.24) is 9.21 Å². The number of fused-ring (bicyclic) bond motifs is 1. The predicted octanol–water partition coefficient (Wildman–Crippen LogP) is 4.62. The fraction of sp³-hybridized carbons (Fsp3) is 0.406. The molecule has 0 aromatic heterocycles. The fourth-order valence-corrected chi connectivity index (χ4v) is 6.79. The lowest BCUT2D eigenvalue weighted by molar-refractivity contribution is -0.136. The SMILES string of the molecule is CN(C[C@H](O)CN(C1Cc2ccccc2C1)C(C)(C)C)S(=O)(=O)c1cccc(-c2ccc(CCC(=O)O)cc2)c1. The second-order valence-corrected chi connectivity index (χ2v) is 13.8. The van der Waals surface area contributed by atoms with Crippen LogP contribution in [0.5, 0.6) is 0 Å². The first-order valence-corrected chi connectivity index (χ1v) is 15.2. The van der Waals surface area contributed by atoms with Gasteiger partial charge in [-0.3, -0.25) is 9.69 Å². The van der Waals surface area contributed by atoms with Gasteiger partial charge >= 0.3 is 5.97 Å². The van der Waals surface area contributed by atoms with Gasteiger partial charge in [0, 0.05) is 38.1 Å². The van der Waals surface area contributed by atoms with E-state index in [0.29, 0.717) is 13.0 Å².